The number of aryl methyl sites for hydroxylation is 1. The molecule has 9 heteroatoms. The maximum absolute atomic E-state index is 14.6. The van der Waals surface area contributed by atoms with Crippen molar-refractivity contribution >= 4 is 29.9 Å². The molecule has 1 unspecified atom stereocenters. The van der Waals surface area contributed by atoms with Gasteiger partial charge in [0.15, 0.2) is 5.96 Å². The SMILES string of the molecule is CN=C(NCc1ccc(-n2ccnc2C)c(F)c1)N1CCC(N2CCOCC2)C1.I. The van der Waals surface area contributed by atoms with Crippen molar-refractivity contribution in [2.75, 3.05) is 46.4 Å². The Morgan fingerprint density at radius 2 is 2.10 bits per heavy atom. The Morgan fingerprint density at radius 1 is 1.30 bits per heavy atom. The topological polar surface area (TPSA) is 57.9 Å². The molecule has 0 bridgehead atoms. The lowest BCUT2D eigenvalue weighted by Gasteiger charge is -2.32. The van der Waals surface area contributed by atoms with Gasteiger partial charge in [0.05, 0.1) is 18.9 Å². The molecule has 2 aromatic rings. The summed E-state index contributed by atoms with van der Waals surface area (Å²) < 4.78 is 21.8. The van der Waals surface area contributed by atoms with Crippen LogP contribution in [0.4, 0.5) is 4.39 Å². The van der Waals surface area contributed by atoms with Crippen LogP contribution < -0.4 is 5.32 Å². The van der Waals surface area contributed by atoms with Gasteiger partial charge in [-0.25, -0.2) is 9.37 Å². The van der Waals surface area contributed by atoms with E-state index in [4.69, 9.17) is 4.74 Å². The molecule has 0 saturated carbocycles. The largest absolute Gasteiger partial charge is 0.379 e. The van der Waals surface area contributed by atoms with E-state index in [-0.39, 0.29) is 29.8 Å². The van der Waals surface area contributed by atoms with Crippen molar-refractivity contribution in [1.29, 1.82) is 0 Å². The smallest absolute Gasteiger partial charge is 0.193 e. The third kappa shape index (κ3) is 5.12. The van der Waals surface area contributed by atoms with Gasteiger partial charge in [0.2, 0.25) is 0 Å². The van der Waals surface area contributed by atoms with Crippen molar-refractivity contribution in [3.05, 3.63) is 47.8 Å². The maximum atomic E-state index is 14.6. The van der Waals surface area contributed by atoms with Gasteiger partial charge in [0.25, 0.3) is 0 Å². The van der Waals surface area contributed by atoms with Crippen LogP contribution in [0, 0.1) is 12.7 Å². The summed E-state index contributed by atoms with van der Waals surface area (Å²) in [5, 5.41) is 3.39. The molecule has 2 fully saturated rings. The minimum atomic E-state index is -0.256. The van der Waals surface area contributed by atoms with E-state index < -0.39 is 0 Å². The van der Waals surface area contributed by atoms with Crippen LogP contribution in [-0.4, -0.2) is 77.8 Å². The Morgan fingerprint density at radius 3 is 2.77 bits per heavy atom. The highest BCUT2D eigenvalue weighted by molar-refractivity contribution is 14.0. The number of halogens is 2. The Labute approximate surface area is 194 Å². The second-order valence-electron chi connectivity index (χ2n) is 7.57. The number of guanidine groups is 1. The molecule has 0 spiro atoms. The van der Waals surface area contributed by atoms with Crippen molar-refractivity contribution in [2.45, 2.75) is 25.9 Å². The number of likely N-dealkylation sites (tertiary alicyclic amines) is 1. The van der Waals surface area contributed by atoms with E-state index in [1.807, 2.05) is 13.0 Å². The van der Waals surface area contributed by atoms with Gasteiger partial charge in [0.1, 0.15) is 11.6 Å². The third-order valence-electron chi connectivity index (χ3n) is 5.78. The van der Waals surface area contributed by atoms with Crippen LogP contribution >= 0.6 is 24.0 Å². The Bertz CT molecular complexity index is 867. The first-order valence-corrected chi connectivity index (χ1v) is 10.2. The monoisotopic (exact) mass is 528 g/mol. The van der Waals surface area contributed by atoms with Crippen molar-refractivity contribution < 1.29 is 9.13 Å². The molecule has 0 aliphatic carbocycles. The molecular formula is C21H30FIN6O. The van der Waals surface area contributed by atoms with Crippen LogP contribution in [0.2, 0.25) is 0 Å². The number of imidazole rings is 1. The molecule has 1 atom stereocenters. The predicted octanol–water partition coefficient (Wildman–Crippen LogP) is 2.42. The van der Waals surface area contributed by atoms with Gasteiger partial charge in [-0.1, -0.05) is 6.07 Å². The van der Waals surface area contributed by atoms with E-state index in [2.05, 4.69) is 25.1 Å². The first-order valence-electron chi connectivity index (χ1n) is 10.2. The number of nitrogens with one attached hydrogen (secondary N) is 1. The summed E-state index contributed by atoms with van der Waals surface area (Å²) >= 11 is 0. The summed E-state index contributed by atoms with van der Waals surface area (Å²) in [4.78, 5) is 13.4. The molecular weight excluding hydrogens is 498 g/mol. The molecule has 0 amide bonds. The van der Waals surface area contributed by atoms with Crippen LogP contribution in [0.25, 0.3) is 5.69 Å². The Balaban J connectivity index is 0.00000256. The van der Waals surface area contributed by atoms with Gasteiger partial charge in [0, 0.05) is 58.2 Å². The lowest BCUT2D eigenvalue weighted by atomic mass is 10.2. The number of aliphatic imine (C=N–C) groups is 1. The molecule has 164 valence electrons. The zero-order valence-corrected chi connectivity index (χ0v) is 19.9. The molecule has 2 aliphatic heterocycles. The number of ether oxygens (including phenoxy) is 1. The summed E-state index contributed by atoms with van der Waals surface area (Å²) in [6.07, 6.45) is 4.58. The first-order chi connectivity index (χ1) is 14.2. The van der Waals surface area contributed by atoms with E-state index in [0.29, 0.717) is 18.3 Å². The number of hydrogen-bond donors (Lipinski definition) is 1. The van der Waals surface area contributed by atoms with Crippen LogP contribution in [-0.2, 0) is 11.3 Å². The number of morpholine rings is 1. The van der Waals surface area contributed by atoms with Crippen molar-refractivity contribution in [1.82, 2.24) is 24.7 Å². The highest BCUT2D eigenvalue weighted by atomic mass is 127. The number of hydrogen-bond acceptors (Lipinski definition) is 4. The molecule has 30 heavy (non-hydrogen) atoms. The van der Waals surface area contributed by atoms with Crippen molar-refractivity contribution in [2.24, 2.45) is 4.99 Å². The maximum Gasteiger partial charge on any atom is 0.193 e. The molecule has 0 radical (unpaired) electrons. The van der Waals surface area contributed by atoms with E-state index in [9.17, 15) is 4.39 Å². The summed E-state index contributed by atoms with van der Waals surface area (Å²) in [5.74, 6) is 1.38. The van der Waals surface area contributed by atoms with Crippen LogP contribution in [0.5, 0.6) is 0 Å². The summed E-state index contributed by atoms with van der Waals surface area (Å²) in [6.45, 7) is 8.00. The fourth-order valence-electron chi connectivity index (χ4n) is 4.18. The molecule has 1 aromatic heterocycles. The zero-order valence-electron chi connectivity index (χ0n) is 17.6. The molecule has 4 rings (SSSR count). The average molecular weight is 528 g/mol. The van der Waals surface area contributed by atoms with Crippen LogP contribution in [0.3, 0.4) is 0 Å². The highest BCUT2D eigenvalue weighted by Gasteiger charge is 2.30. The normalized spacial score (nSPS) is 20.3. The van der Waals surface area contributed by atoms with Gasteiger partial charge in [-0.05, 0) is 31.0 Å². The number of nitrogens with zero attached hydrogens (tertiary/aromatic N) is 5. The Kier molecular flexibility index (Phi) is 8.06. The summed E-state index contributed by atoms with van der Waals surface area (Å²) in [5.41, 5.74) is 1.40. The fourth-order valence-corrected chi connectivity index (χ4v) is 4.18. The van der Waals surface area contributed by atoms with Crippen molar-refractivity contribution in [3.63, 3.8) is 0 Å². The van der Waals surface area contributed by atoms with Gasteiger partial charge in [-0.15, -0.1) is 24.0 Å². The zero-order chi connectivity index (χ0) is 20.2. The van der Waals surface area contributed by atoms with E-state index in [1.54, 1.807) is 36.1 Å². The van der Waals surface area contributed by atoms with Gasteiger partial charge < -0.3 is 19.5 Å². The van der Waals surface area contributed by atoms with Crippen molar-refractivity contribution in [3.8, 4) is 5.69 Å². The first kappa shape index (κ1) is 23.0. The average Bonchev–Trinajstić information content (AvgIpc) is 3.39. The number of benzene rings is 1. The molecule has 1 N–H and O–H groups in total. The summed E-state index contributed by atoms with van der Waals surface area (Å²) in [7, 11) is 1.80. The molecule has 2 aliphatic rings. The van der Waals surface area contributed by atoms with Crippen LogP contribution in [0.15, 0.2) is 35.6 Å². The lowest BCUT2D eigenvalue weighted by molar-refractivity contribution is 0.0195. The van der Waals surface area contributed by atoms with E-state index in [1.165, 1.54) is 0 Å². The molecule has 3 heterocycles. The fraction of sp³-hybridized carbons (Fsp3) is 0.524. The minimum absolute atomic E-state index is 0. The van der Waals surface area contributed by atoms with E-state index >= 15 is 0 Å². The lowest BCUT2D eigenvalue weighted by Crippen LogP contribution is -2.46. The van der Waals surface area contributed by atoms with E-state index in [0.717, 1.165) is 63.2 Å². The Hall–Kier alpha value is -1.72. The van der Waals surface area contributed by atoms with Gasteiger partial charge in [-0.2, -0.15) is 0 Å². The minimum Gasteiger partial charge on any atom is -0.379 e. The number of aromatic nitrogens is 2. The molecule has 7 nitrogen and oxygen atoms in total. The molecule has 1 aromatic carbocycles. The molecule has 2 saturated heterocycles. The highest BCUT2D eigenvalue weighted by Crippen LogP contribution is 2.19. The van der Waals surface area contributed by atoms with Crippen LogP contribution in [0.1, 0.15) is 17.8 Å². The number of rotatable bonds is 4. The predicted molar refractivity (Wildman–Crippen MR) is 126 cm³/mol. The third-order valence-corrected chi connectivity index (χ3v) is 5.78. The quantitative estimate of drug-likeness (QED) is 0.376. The standard InChI is InChI=1S/C21H29FN6O.HI/c1-16-24-6-8-28(16)20-4-3-17(13-19(20)22)14-25-21(23-2)27-7-5-18(15-27)26-9-11-29-12-10-26;/h3-4,6,8,13,18H,5,7,9-12,14-15H2,1-2H3,(H,23,25);1H. The second-order valence-corrected chi connectivity index (χ2v) is 7.57. The van der Waals surface area contributed by atoms with Gasteiger partial charge >= 0.3 is 0 Å². The van der Waals surface area contributed by atoms with Gasteiger partial charge in [-0.3, -0.25) is 9.89 Å². The summed E-state index contributed by atoms with van der Waals surface area (Å²) in [6, 6.07) is 5.87. The second kappa shape index (κ2) is 10.5.